The third-order valence-electron chi connectivity index (χ3n) is 2.69. The van der Waals surface area contributed by atoms with Crippen LogP contribution in [0.15, 0.2) is 16.7 Å². The molecular weight excluding hydrogens is 314 g/mol. The van der Waals surface area contributed by atoms with Crippen molar-refractivity contribution in [1.29, 1.82) is 0 Å². The van der Waals surface area contributed by atoms with E-state index in [-0.39, 0.29) is 6.54 Å². The zero-order chi connectivity index (χ0) is 14.0. The predicted molar refractivity (Wildman–Crippen MR) is 75.1 cm³/mol. The number of pyridine rings is 1. The maximum atomic E-state index is 11.0. The Morgan fingerprint density at radius 1 is 1.63 bits per heavy atom. The average Bonchev–Trinajstić information content (AvgIpc) is 2.73. The Labute approximate surface area is 117 Å². The lowest BCUT2D eigenvalue weighted by atomic mass is 10.3. The van der Waals surface area contributed by atoms with E-state index in [1.165, 1.54) is 0 Å². The molecule has 8 heteroatoms. The van der Waals surface area contributed by atoms with Gasteiger partial charge in [-0.1, -0.05) is 6.92 Å². The first-order chi connectivity index (χ1) is 9.06. The zero-order valence-corrected chi connectivity index (χ0v) is 11.9. The van der Waals surface area contributed by atoms with Crippen LogP contribution in [0, 0.1) is 0 Å². The molecule has 2 aromatic rings. The average molecular weight is 328 g/mol. The molecule has 0 radical (unpaired) electrons. The van der Waals surface area contributed by atoms with Crippen molar-refractivity contribution < 1.29 is 10.0 Å². The topological polar surface area (TPSA) is 105 Å². The molecule has 0 aromatic carbocycles. The maximum absolute atomic E-state index is 11.0. The molecule has 1 amide bonds. The number of carbonyl (C=O) groups is 1. The van der Waals surface area contributed by atoms with Gasteiger partial charge in [0.05, 0.1) is 17.9 Å². The van der Waals surface area contributed by atoms with E-state index >= 15 is 0 Å². The number of hydroxylamine groups is 1. The molecule has 19 heavy (non-hydrogen) atoms. The highest BCUT2D eigenvalue weighted by Crippen LogP contribution is 2.25. The van der Waals surface area contributed by atoms with Crippen molar-refractivity contribution in [2.45, 2.75) is 13.3 Å². The van der Waals surface area contributed by atoms with Crippen molar-refractivity contribution >= 4 is 39.0 Å². The Morgan fingerprint density at radius 3 is 3.00 bits per heavy atom. The SMILES string of the molecule is CCc1c(NCC(=O)NO)nc2c(N)cc(Br)cn12. The minimum atomic E-state index is -0.534. The van der Waals surface area contributed by atoms with Crippen LogP contribution in [0.4, 0.5) is 11.5 Å². The summed E-state index contributed by atoms with van der Waals surface area (Å²) in [5.74, 6) is 0.0455. The summed E-state index contributed by atoms with van der Waals surface area (Å²) in [5.41, 5.74) is 9.56. The molecular formula is C11H14BrN5O2. The molecule has 0 spiro atoms. The van der Waals surface area contributed by atoms with E-state index in [4.69, 9.17) is 10.9 Å². The van der Waals surface area contributed by atoms with Crippen LogP contribution in [-0.2, 0) is 11.2 Å². The van der Waals surface area contributed by atoms with Crippen LogP contribution in [0.1, 0.15) is 12.6 Å². The number of nitrogens with one attached hydrogen (secondary N) is 2. The van der Waals surface area contributed by atoms with Gasteiger partial charge >= 0.3 is 0 Å². The molecule has 0 saturated heterocycles. The van der Waals surface area contributed by atoms with E-state index in [9.17, 15) is 4.79 Å². The highest BCUT2D eigenvalue weighted by molar-refractivity contribution is 9.10. The molecule has 0 saturated carbocycles. The number of aromatic nitrogens is 2. The molecule has 2 rings (SSSR count). The quantitative estimate of drug-likeness (QED) is 0.498. The first-order valence-corrected chi connectivity index (χ1v) is 6.48. The Morgan fingerprint density at radius 2 is 2.37 bits per heavy atom. The van der Waals surface area contributed by atoms with E-state index in [0.29, 0.717) is 17.2 Å². The second kappa shape index (κ2) is 5.45. The number of fused-ring (bicyclic) bond motifs is 1. The Bertz CT molecular complexity index is 625. The van der Waals surface area contributed by atoms with Gasteiger partial charge in [0.25, 0.3) is 5.91 Å². The van der Waals surface area contributed by atoms with Crippen LogP contribution in [0.3, 0.4) is 0 Å². The lowest BCUT2D eigenvalue weighted by Crippen LogP contribution is -2.27. The minimum Gasteiger partial charge on any atom is -0.396 e. The van der Waals surface area contributed by atoms with E-state index in [1.54, 1.807) is 11.5 Å². The Kier molecular flexibility index (Phi) is 3.91. The monoisotopic (exact) mass is 327 g/mol. The third-order valence-corrected chi connectivity index (χ3v) is 3.12. The number of anilines is 2. The summed E-state index contributed by atoms with van der Waals surface area (Å²) in [6.07, 6.45) is 2.59. The number of nitrogens with two attached hydrogens (primary N) is 1. The highest BCUT2D eigenvalue weighted by atomic mass is 79.9. The fourth-order valence-corrected chi connectivity index (χ4v) is 2.32. The number of imidazole rings is 1. The number of halogens is 1. The van der Waals surface area contributed by atoms with E-state index in [2.05, 4.69) is 26.2 Å². The summed E-state index contributed by atoms with van der Waals surface area (Å²) in [6.45, 7) is 1.92. The van der Waals surface area contributed by atoms with Crippen LogP contribution < -0.4 is 16.5 Å². The van der Waals surface area contributed by atoms with E-state index in [1.807, 2.05) is 17.5 Å². The molecule has 0 bridgehead atoms. The van der Waals surface area contributed by atoms with E-state index < -0.39 is 5.91 Å². The molecule has 0 fully saturated rings. The van der Waals surface area contributed by atoms with Gasteiger partial charge in [-0.15, -0.1) is 0 Å². The number of hydrogen-bond acceptors (Lipinski definition) is 5. The van der Waals surface area contributed by atoms with Crippen molar-refractivity contribution in [3.8, 4) is 0 Å². The van der Waals surface area contributed by atoms with Gasteiger partial charge < -0.3 is 11.1 Å². The summed E-state index contributed by atoms with van der Waals surface area (Å²) in [6, 6.07) is 1.77. The number of nitrogen functional groups attached to an aromatic ring is 1. The van der Waals surface area contributed by atoms with Crippen molar-refractivity contribution in [3.05, 3.63) is 22.4 Å². The smallest absolute Gasteiger partial charge is 0.262 e. The second-order valence-corrected chi connectivity index (χ2v) is 4.87. The molecule has 2 heterocycles. The number of nitrogens with zero attached hydrogens (tertiary/aromatic N) is 2. The van der Waals surface area contributed by atoms with Crippen molar-refractivity contribution in [2.75, 3.05) is 17.6 Å². The van der Waals surface area contributed by atoms with Gasteiger partial charge in [-0.2, -0.15) is 0 Å². The van der Waals surface area contributed by atoms with Crippen molar-refractivity contribution in [1.82, 2.24) is 14.9 Å². The predicted octanol–water partition coefficient (Wildman–Crippen LogP) is 1.16. The molecule has 0 aliphatic carbocycles. The van der Waals surface area contributed by atoms with E-state index in [0.717, 1.165) is 16.6 Å². The molecule has 0 unspecified atom stereocenters. The van der Waals surface area contributed by atoms with Gasteiger partial charge in [0.15, 0.2) is 5.65 Å². The molecule has 102 valence electrons. The number of carbonyl (C=O) groups excluding carboxylic acids is 1. The van der Waals surface area contributed by atoms with Crippen molar-refractivity contribution in [3.63, 3.8) is 0 Å². The molecule has 7 nitrogen and oxygen atoms in total. The van der Waals surface area contributed by atoms with Crippen molar-refractivity contribution in [2.24, 2.45) is 0 Å². The number of amides is 1. The van der Waals surface area contributed by atoms with Crippen LogP contribution >= 0.6 is 15.9 Å². The third kappa shape index (κ3) is 2.64. The molecule has 0 aliphatic rings. The zero-order valence-electron chi connectivity index (χ0n) is 10.3. The molecule has 0 aliphatic heterocycles. The molecule has 2 aromatic heterocycles. The molecule has 5 N–H and O–H groups in total. The van der Waals surface area contributed by atoms with Gasteiger partial charge in [0.1, 0.15) is 5.82 Å². The van der Waals surface area contributed by atoms with Gasteiger partial charge in [0, 0.05) is 10.7 Å². The largest absolute Gasteiger partial charge is 0.396 e. The lowest BCUT2D eigenvalue weighted by Gasteiger charge is -2.05. The Balaban J connectivity index is 2.44. The summed E-state index contributed by atoms with van der Waals surface area (Å²) < 4.78 is 2.72. The van der Waals surface area contributed by atoms with Crippen LogP contribution in [0.25, 0.3) is 5.65 Å². The van der Waals surface area contributed by atoms with Crippen LogP contribution in [0.2, 0.25) is 0 Å². The number of hydrogen-bond donors (Lipinski definition) is 4. The minimum absolute atomic E-state index is 0.0611. The standard InChI is InChI=1S/C11H14BrN5O2/c1-2-8-10(14-4-9(18)16-19)15-11-7(13)3-6(12)5-17(8)11/h3,5,14,19H,2,4,13H2,1H3,(H,16,18). The second-order valence-electron chi connectivity index (χ2n) is 3.96. The lowest BCUT2D eigenvalue weighted by molar-refractivity contribution is -0.127. The first kappa shape index (κ1) is 13.6. The highest BCUT2D eigenvalue weighted by Gasteiger charge is 2.13. The first-order valence-electron chi connectivity index (χ1n) is 5.69. The number of rotatable bonds is 4. The van der Waals surface area contributed by atoms with Gasteiger partial charge in [-0.05, 0) is 28.4 Å². The summed E-state index contributed by atoms with van der Waals surface area (Å²) in [5, 5.41) is 11.3. The van der Waals surface area contributed by atoms with Gasteiger partial charge in [-0.25, -0.2) is 10.5 Å². The Hall–Kier alpha value is -1.80. The maximum Gasteiger partial charge on any atom is 0.262 e. The van der Waals surface area contributed by atoms with Crippen LogP contribution in [0.5, 0.6) is 0 Å². The van der Waals surface area contributed by atoms with Gasteiger partial charge in [-0.3, -0.25) is 14.4 Å². The fourth-order valence-electron chi connectivity index (χ4n) is 1.87. The normalized spacial score (nSPS) is 10.7. The fraction of sp³-hybridized carbons (Fsp3) is 0.273. The van der Waals surface area contributed by atoms with Gasteiger partial charge in [0.2, 0.25) is 0 Å². The van der Waals surface area contributed by atoms with Crippen LogP contribution in [-0.4, -0.2) is 27.0 Å². The summed E-state index contributed by atoms with van der Waals surface area (Å²) in [7, 11) is 0. The summed E-state index contributed by atoms with van der Waals surface area (Å²) >= 11 is 3.38. The summed E-state index contributed by atoms with van der Waals surface area (Å²) in [4.78, 5) is 15.4. The number of aryl methyl sites for hydroxylation is 1. The molecule has 0 atom stereocenters.